The summed E-state index contributed by atoms with van der Waals surface area (Å²) in [4.78, 5) is 0. The van der Waals surface area contributed by atoms with E-state index in [-0.39, 0.29) is 0 Å². The van der Waals surface area contributed by atoms with Crippen LogP contribution in [0, 0.1) is 0 Å². The van der Waals surface area contributed by atoms with Crippen LogP contribution in [-0.4, -0.2) is 13.2 Å². The van der Waals surface area contributed by atoms with Crippen molar-refractivity contribution in [1.82, 2.24) is 0 Å². The van der Waals surface area contributed by atoms with Crippen LogP contribution in [0.4, 0.5) is 0 Å². The first-order chi connectivity index (χ1) is 8.22. The number of halogens is 1. The minimum atomic E-state index is -0.510. The van der Waals surface area contributed by atoms with Crippen LogP contribution in [-0.2, 0) is 21.7 Å². The Bertz CT molecular complexity index is 384. The molecule has 1 aliphatic rings. The Morgan fingerprint density at radius 1 is 1.24 bits per heavy atom. The normalized spacial score (nSPS) is 18.5. The number of benzene rings is 1. The molecule has 94 valence electrons. The Labute approximate surface area is 111 Å². The van der Waals surface area contributed by atoms with Gasteiger partial charge in [-0.2, -0.15) is 0 Å². The highest BCUT2D eigenvalue weighted by Crippen LogP contribution is 2.37. The largest absolute Gasteiger partial charge is 0.343 e. The highest BCUT2D eigenvalue weighted by molar-refractivity contribution is 9.10. The summed E-state index contributed by atoms with van der Waals surface area (Å²) in [6.45, 7) is 5.69. The molecule has 1 aliphatic heterocycles. The summed E-state index contributed by atoms with van der Waals surface area (Å²) in [5.74, 6) is -0.510. The maximum atomic E-state index is 5.85. The fourth-order valence-electron chi connectivity index (χ4n) is 2.31. The summed E-state index contributed by atoms with van der Waals surface area (Å²) in [6.07, 6.45) is 2.99. The molecule has 1 fully saturated rings. The number of hydrogen-bond donors (Lipinski definition) is 0. The van der Waals surface area contributed by atoms with Gasteiger partial charge in [-0.05, 0) is 18.1 Å². The van der Waals surface area contributed by atoms with Crippen LogP contribution in [0.2, 0.25) is 0 Å². The van der Waals surface area contributed by atoms with Crippen molar-refractivity contribution in [3.05, 3.63) is 33.8 Å². The SMILES string of the molecule is CCCC1(c2ccc(CC)c(Br)c2)OCCO1. The smallest absolute Gasteiger partial charge is 0.195 e. The van der Waals surface area contributed by atoms with E-state index in [1.54, 1.807) is 0 Å². The van der Waals surface area contributed by atoms with Gasteiger partial charge in [-0.15, -0.1) is 0 Å². The fraction of sp³-hybridized carbons (Fsp3) is 0.571. The second-order valence-corrected chi connectivity index (χ2v) is 5.21. The average Bonchev–Trinajstić information content (AvgIpc) is 2.79. The molecule has 2 rings (SSSR count). The van der Waals surface area contributed by atoms with Crippen molar-refractivity contribution in [3.63, 3.8) is 0 Å². The third-order valence-corrected chi connectivity index (χ3v) is 3.94. The number of rotatable bonds is 4. The Hall–Kier alpha value is -0.380. The molecule has 1 heterocycles. The summed E-state index contributed by atoms with van der Waals surface area (Å²) >= 11 is 3.62. The van der Waals surface area contributed by atoms with Crippen molar-refractivity contribution < 1.29 is 9.47 Å². The molecule has 0 aliphatic carbocycles. The van der Waals surface area contributed by atoms with Crippen molar-refractivity contribution in [2.24, 2.45) is 0 Å². The zero-order chi connectivity index (χ0) is 12.3. The number of aryl methyl sites for hydroxylation is 1. The first-order valence-corrected chi connectivity index (χ1v) is 7.08. The lowest BCUT2D eigenvalue weighted by molar-refractivity contribution is -0.171. The zero-order valence-electron chi connectivity index (χ0n) is 10.5. The Kier molecular flexibility index (Phi) is 4.23. The molecule has 0 atom stereocenters. The number of ether oxygens (including phenoxy) is 2. The minimum absolute atomic E-state index is 0.510. The molecule has 0 N–H and O–H groups in total. The third-order valence-electron chi connectivity index (χ3n) is 3.21. The summed E-state index contributed by atoms with van der Waals surface area (Å²) in [5.41, 5.74) is 2.44. The lowest BCUT2D eigenvalue weighted by atomic mass is 9.99. The summed E-state index contributed by atoms with van der Waals surface area (Å²) in [7, 11) is 0. The predicted molar refractivity (Wildman–Crippen MR) is 72.0 cm³/mol. The quantitative estimate of drug-likeness (QED) is 0.836. The zero-order valence-corrected chi connectivity index (χ0v) is 12.0. The molecule has 2 nitrogen and oxygen atoms in total. The molecule has 1 saturated heterocycles. The first-order valence-electron chi connectivity index (χ1n) is 6.28. The van der Waals surface area contributed by atoms with Gasteiger partial charge in [0.05, 0.1) is 13.2 Å². The lowest BCUT2D eigenvalue weighted by Crippen LogP contribution is -2.26. The van der Waals surface area contributed by atoms with Crippen molar-refractivity contribution in [2.45, 2.75) is 38.9 Å². The van der Waals surface area contributed by atoms with Gasteiger partial charge in [-0.1, -0.05) is 48.3 Å². The fourth-order valence-corrected chi connectivity index (χ4v) is 2.97. The van der Waals surface area contributed by atoms with Crippen LogP contribution < -0.4 is 0 Å². The summed E-state index contributed by atoms with van der Waals surface area (Å²) < 4.78 is 12.9. The van der Waals surface area contributed by atoms with Gasteiger partial charge in [0.25, 0.3) is 0 Å². The van der Waals surface area contributed by atoms with Gasteiger partial charge in [-0.3, -0.25) is 0 Å². The van der Waals surface area contributed by atoms with Crippen molar-refractivity contribution in [3.8, 4) is 0 Å². The molecule has 17 heavy (non-hydrogen) atoms. The molecule has 1 aromatic rings. The van der Waals surface area contributed by atoms with Crippen molar-refractivity contribution >= 4 is 15.9 Å². The molecule has 0 saturated carbocycles. The first kappa shape index (κ1) is 13.1. The maximum absolute atomic E-state index is 5.85. The van der Waals surface area contributed by atoms with Gasteiger partial charge in [0, 0.05) is 16.5 Å². The predicted octanol–water partition coefficient (Wildman–Crippen LogP) is 4.01. The van der Waals surface area contributed by atoms with Crippen LogP contribution in [0.25, 0.3) is 0 Å². The minimum Gasteiger partial charge on any atom is -0.343 e. The lowest BCUT2D eigenvalue weighted by Gasteiger charge is -2.28. The molecular formula is C14H19BrO2. The van der Waals surface area contributed by atoms with Crippen LogP contribution in [0.1, 0.15) is 37.8 Å². The van der Waals surface area contributed by atoms with E-state index in [1.165, 1.54) is 5.56 Å². The topological polar surface area (TPSA) is 18.5 Å². The van der Waals surface area contributed by atoms with Gasteiger partial charge < -0.3 is 9.47 Å². The molecule has 0 bridgehead atoms. The standard InChI is InChI=1S/C14H19BrO2/c1-3-7-14(16-8-9-17-14)12-6-5-11(4-2)13(15)10-12/h5-6,10H,3-4,7-9H2,1-2H3. The molecule has 0 spiro atoms. The van der Waals surface area contributed by atoms with E-state index < -0.39 is 5.79 Å². The van der Waals surface area contributed by atoms with Crippen LogP contribution in [0.3, 0.4) is 0 Å². The Morgan fingerprint density at radius 3 is 2.47 bits per heavy atom. The van der Waals surface area contributed by atoms with E-state index in [2.05, 4.69) is 48.0 Å². The molecule has 0 amide bonds. The summed E-state index contributed by atoms with van der Waals surface area (Å²) in [5, 5.41) is 0. The van der Waals surface area contributed by atoms with Crippen molar-refractivity contribution in [2.75, 3.05) is 13.2 Å². The average molecular weight is 299 g/mol. The molecule has 3 heteroatoms. The van der Waals surface area contributed by atoms with Crippen molar-refractivity contribution in [1.29, 1.82) is 0 Å². The van der Waals surface area contributed by atoms with Gasteiger partial charge in [0.15, 0.2) is 5.79 Å². The summed E-state index contributed by atoms with van der Waals surface area (Å²) in [6, 6.07) is 6.42. The Morgan fingerprint density at radius 2 is 1.94 bits per heavy atom. The number of hydrogen-bond acceptors (Lipinski definition) is 2. The second-order valence-electron chi connectivity index (χ2n) is 4.36. The Balaban J connectivity index is 2.33. The van der Waals surface area contributed by atoms with Crippen LogP contribution >= 0.6 is 15.9 Å². The highest BCUT2D eigenvalue weighted by Gasteiger charge is 2.37. The molecule has 0 radical (unpaired) electrons. The second kappa shape index (κ2) is 5.51. The van der Waals surface area contributed by atoms with E-state index in [0.717, 1.165) is 29.3 Å². The van der Waals surface area contributed by atoms with Crippen LogP contribution in [0.15, 0.2) is 22.7 Å². The molecule has 0 unspecified atom stereocenters. The van der Waals surface area contributed by atoms with Gasteiger partial charge >= 0.3 is 0 Å². The van der Waals surface area contributed by atoms with Gasteiger partial charge in [-0.25, -0.2) is 0 Å². The molecule has 1 aromatic carbocycles. The maximum Gasteiger partial charge on any atom is 0.195 e. The van der Waals surface area contributed by atoms with E-state index in [0.29, 0.717) is 13.2 Å². The third kappa shape index (κ3) is 2.56. The molecule has 0 aromatic heterocycles. The van der Waals surface area contributed by atoms with Gasteiger partial charge in [0.1, 0.15) is 0 Å². The van der Waals surface area contributed by atoms with Crippen LogP contribution in [0.5, 0.6) is 0 Å². The monoisotopic (exact) mass is 298 g/mol. The van der Waals surface area contributed by atoms with E-state index in [4.69, 9.17) is 9.47 Å². The molecular weight excluding hydrogens is 280 g/mol. The van der Waals surface area contributed by atoms with E-state index in [9.17, 15) is 0 Å². The van der Waals surface area contributed by atoms with E-state index >= 15 is 0 Å². The van der Waals surface area contributed by atoms with E-state index in [1.807, 2.05) is 0 Å². The highest BCUT2D eigenvalue weighted by atomic mass is 79.9. The van der Waals surface area contributed by atoms with Gasteiger partial charge in [0.2, 0.25) is 0 Å².